The largest absolute Gasteiger partial charge is 0.385 e. The highest BCUT2D eigenvalue weighted by Gasteiger charge is 2.14. The fourth-order valence-corrected chi connectivity index (χ4v) is 1.93. The molecule has 2 unspecified atom stereocenters. The molecule has 0 saturated heterocycles. The lowest BCUT2D eigenvalue weighted by Crippen LogP contribution is -2.29. The standard InChI is InChI=1S/C14H29NO2/c1-3-4-5-6-7-8-9-10-13(15)11-14(17)12(2)16/h13-14,17H,3-11,15H2,1-2H3. The average molecular weight is 243 g/mol. The van der Waals surface area contributed by atoms with Gasteiger partial charge in [0.05, 0.1) is 0 Å². The van der Waals surface area contributed by atoms with Gasteiger partial charge < -0.3 is 10.8 Å². The second-order valence-corrected chi connectivity index (χ2v) is 5.03. The lowest BCUT2D eigenvalue weighted by Gasteiger charge is -2.14. The lowest BCUT2D eigenvalue weighted by molar-refractivity contribution is -0.125. The van der Waals surface area contributed by atoms with E-state index in [1.165, 1.54) is 45.4 Å². The molecule has 102 valence electrons. The SMILES string of the molecule is CCCCCCCCCC(N)CC(O)C(C)=O. The molecule has 3 nitrogen and oxygen atoms in total. The monoisotopic (exact) mass is 243 g/mol. The first-order valence-electron chi connectivity index (χ1n) is 7.02. The number of aliphatic hydroxyl groups excluding tert-OH is 1. The van der Waals surface area contributed by atoms with Gasteiger partial charge in [-0.15, -0.1) is 0 Å². The van der Waals surface area contributed by atoms with Gasteiger partial charge in [0.2, 0.25) is 0 Å². The molecule has 0 bridgehead atoms. The van der Waals surface area contributed by atoms with Crippen LogP contribution < -0.4 is 5.73 Å². The molecule has 3 N–H and O–H groups in total. The van der Waals surface area contributed by atoms with Crippen molar-refractivity contribution < 1.29 is 9.90 Å². The summed E-state index contributed by atoms with van der Waals surface area (Å²) in [4.78, 5) is 10.9. The van der Waals surface area contributed by atoms with E-state index in [0.717, 1.165) is 12.8 Å². The van der Waals surface area contributed by atoms with E-state index in [9.17, 15) is 9.90 Å². The topological polar surface area (TPSA) is 63.3 Å². The Balaban J connectivity index is 3.33. The van der Waals surface area contributed by atoms with Crippen LogP contribution >= 0.6 is 0 Å². The Hall–Kier alpha value is -0.410. The molecule has 17 heavy (non-hydrogen) atoms. The molecule has 0 aliphatic heterocycles. The van der Waals surface area contributed by atoms with Crippen LogP contribution in [-0.2, 0) is 4.79 Å². The van der Waals surface area contributed by atoms with Crippen LogP contribution in [0.4, 0.5) is 0 Å². The Morgan fingerprint density at radius 3 is 2.18 bits per heavy atom. The van der Waals surface area contributed by atoms with Crippen molar-refractivity contribution in [2.75, 3.05) is 0 Å². The quantitative estimate of drug-likeness (QED) is 0.548. The minimum atomic E-state index is -0.866. The van der Waals surface area contributed by atoms with E-state index in [1.807, 2.05) is 0 Å². The Morgan fingerprint density at radius 2 is 1.65 bits per heavy atom. The maximum atomic E-state index is 10.9. The molecule has 3 heteroatoms. The highest BCUT2D eigenvalue weighted by atomic mass is 16.3. The van der Waals surface area contributed by atoms with Crippen molar-refractivity contribution in [3.63, 3.8) is 0 Å². The van der Waals surface area contributed by atoms with E-state index in [2.05, 4.69) is 6.92 Å². The van der Waals surface area contributed by atoms with Crippen LogP contribution in [-0.4, -0.2) is 23.0 Å². The number of hydrogen-bond acceptors (Lipinski definition) is 3. The Labute approximate surface area is 106 Å². The summed E-state index contributed by atoms with van der Waals surface area (Å²) in [5.74, 6) is -0.181. The van der Waals surface area contributed by atoms with E-state index < -0.39 is 6.10 Å². The number of ketones is 1. The summed E-state index contributed by atoms with van der Waals surface area (Å²) in [5, 5.41) is 9.37. The van der Waals surface area contributed by atoms with Gasteiger partial charge in [0.15, 0.2) is 5.78 Å². The number of carbonyl (C=O) groups excluding carboxylic acids is 1. The summed E-state index contributed by atoms with van der Waals surface area (Å²) in [6.07, 6.45) is 9.34. The maximum Gasteiger partial charge on any atom is 0.158 e. The third kappa shape index (κ3) is 10.5. The van der Waals surface area contributed by atoms with Gasteiger partial charge in [-0.1, -0.05) is 51.9 Å². The van der Waals surface area contributed by atoms with Gasteiger partial charge in [0.25, 0.3) is 0 Å². The first kappa shape index (κ1) is 16.6. The molecule has 0 aromatic carbocycles. The molecular weight excluding hydrogens is 214 g/mol. The summed E-state index contributed by atoms with van der Waals surface area (Å²) >= 11 is 0. The van der Waals surface area contributed by atoms with Gasteiger partial charge in [-0.3, -0.25) is 4.79 Å². The maximum absolute atomic E-state index is 10.9. The fourth-order valence-electron chi connectivity index (χ4n) is 1.93. The molecule has 0 amide bonds. The number of Topliss-reactive ketones (excluding diaryl/α,β-unsaturated/α-hetero) is 1. The molecule has 0 radical (unpaired) electrons. The Kier molecular flexibility index (Phi) is 10.5. The van der Waals surface area contributed by atoms with Crippen molar-refractivity contribution in [2.24, 2.45) is 5.73 Å². The van der Waals surface area contributed by atoms with Crippen LogP contribution in [0.3, 0.4) is 0 Å². The smallest absolute Gasteiger partial charge is 0.158 e. The number of nitrogens with two attached hydrogens (primary N) is 1. The van der Waals surface area contributed by atoms with Crippen LogP contribution in [0.2, 0.25) is 0 Å². The summed E-state index contributed by atoms with van der Waals surface area (Å²) < 4.78 is 0. The Morgan fingerprint density at radius 1 is 1.12 bits per heavy atom. The molecule has 0 aromatic rings. The molecule has 0 saturated carbocycles. The van der Waals surface area contributed by atoms with E-state index in [4.69, 9.17) is 5.73 Å². The van der Waals surface area contributed by atoms with Crippen molar-refractivity contribution in [3.05, 3.63) is 0 Å². The predicted molar refractivity (Wildman–Crippen MR) is 71.9 cm³/mol. The second-order valence-electron chi connectivity index (χ2n) is 5.03. The number of aliphatic hydroxyl groups is 1. The van der Waals surface area contributed by atoms with Gasteiger partial charge in [-0.05, 0) is 19.8 Å². The summed E-state index contributed by atoms with van der Waals surface area (Å²) in [6.45, 7) is 3.63. The molecule has 0 heterocycles. The molecule has 0 spiro atoms. The third-order valence-electron chi connectivity index (χ3n) is 3.17. The third-order valence-corrected chi connectivity index (χ3v) is 3.17. The number of unbranched alkanes of at least 4 members (excludes halogenated alkanes) is 6. The van der Waals surface area contributed by atoms with Crippen LogP contribution in [0.1, 0.15) is 71.6 Å². The van der Waals surface area contributed by atoms with Crippen molar-refractivity contribution in [3.8, 4) is 0 Å². The van der Waals surface area contributed by atoms with Crippen molar-refractivity contribution in [1.82, 2.24) is 0 Å². The molecule has 0 aliphatic carbocycles. The minimum absolute atomic E-state index is 0.0375. The predicted octanol–water partition coefficient (Wildman–Crippen LogP) is 2.79. The van der Waals surface area contributed by atoms with E-state index in [0.29, 0.717) is 6.42 Å². The Bertz CT molecular complexity index is 195. The van der Waals surface area contributed by atoms with Gasteiger partial charge >= 0.3 is 0 Å². The second kappa shape index (κ2) is 10.7. The van der Waals surface area contributed by atoms with Crippen LogP contribution in [0.25, 0.3) is 0 Å². The average Bonchev–Trinajstić information content (AvgIpc) is 2.27. The normalized spacial score (nSPS) is 14.6. The van der Waals surface area contributed by atoms with Crippen molar-refractivity contribution >= 4 is 5.78 Å². The first-order chi connectivity index (χ1) is 8.07. The minimum Gasteiger partial charge on any atom is -0.385 e. The first-order valence-corrected chi connectivity index (χ1v) is 7.02. The van der Waals surface area contributed by atoms with Crippen LogP contribution in [0, 0.1) is 0 Å². The molecule has 0 aromatic heterocycles. The van der Waals surface area contributed by atoms with Crippen LogP contribution in [0.15, 0.2) is 0 Å². The summed E-state index contributed by atoms with van der Waals surface area (Å²) in [6, 6.07) is -0.0375. The zero-order valence-electron chi connectivity index (χ0n) is 11.5. The molecule has 0 aliphatic rings. The van der Waals surface area contributed by atoms with Gasteiger partial charge in [0, 0.05) is 6.04 Å². The van der Waals surface area contributed by atoms with Gasteiger partial charge in [-0.2, -0.15) is 0 Å². The fraction of sp³-hybridized carbons (Fsp3) is 0.929. The van der Waals surface area contributed by atoms with E-state index in [-0.39, 0.29) is 11.8 Å². The van der Waals surface area contributed by atoms with Gasteiger partial charge in [0.1, 0.15) is 6.10 Å². The van der Waals surface area contributed by atoms with Gasteiger partial charge in [-0.25, -0.2) is 0 Å². The van der Waals surface area contributed by atoms with E-state index in [1.54, 1.807) is 0 Å². The zero-order valence-corrected chi connectivity index (χ0v) is 11.5. The number of carbonyl (C=O) groups is 1. The van der Waals surface area contributed by atoms with Crippen LogP contribution in [0.5, 0.6) is 0 Å². The zero-order chi connectivity index (χ0) is 13.1. The highest BCUT2D eigenvalue weighted by molar-refractivity contribution is 5.80. The molecule has 2 atom stereocenters. The summed E-state index contributed by atoms with van der Waals surface area (Å²) in [7, 11) is 0. The van der Waals surface area contributed by atoms with Crippen molar-refractivity contribution in [2.45, 2.75) is 83.8 Å². The highest BCUT2D eigenvalue weighted by Crippen LogP contribution is 2.11. The summed E-state index contributed by atoms with van der Waals surface area (Å²) in [5.41, 5.74) is 5.86. The number of hydrogen-bond donors (Lipinski definition) is 2. The van der Waals surface area contributed by atoms with E-state index >= 15 is 0 Å². The molecule has 0 rings (SSSR count). The molecule has 0 fully saturated rings. The number of rotatable bonds is 11. The molecular formula is C14H29NO2. The van der Waals surface area contributed by atoms with Crippen molar-refractivity contribution in [1.29, 1.82) is 0 Å². The lowest BCUT2D eigenvalue weighted by atomic mass is 10.0.